The lowest BCUT2D eigenvalue weighted by Gasteiger charge is -2.35. The number of benzene rings is 1. The van der Waals surface area contributed by atoms with Gasteiger partial charge in [-0.15, -0.1) is 10.2 Å². The van der Waals surface area contributed by atoms with Gasteiger partial charge in [-0.1, -0.05) is 19.1 Å². The van der Waals surface area contributed by atoms with E-state index in [2.05, 4.69) is 38.5 Å². The fourth-order valence-electron chi connectivity index (χ4n) is 3.67. The van der Waals surface area contributed by atoms with Gasteiger partial charge in [0.1, 0.15) is 0 Å². The average molecular weight is 406 g/mol. The number of aryl methyl sites for hydroxylation is 3. The van der Waals surface area contributed by atoms with E-state index in [9.17, 15) is 4.79 Å². The quantitative estimate of drug-likeness (QED) is 0.721. The maximum absolute atomic E-state index is 12.6. The van der Waals surface area contributed by atoms with Gasteiger partial charge in [0.2, 0.25) is 0 Å². The van der Waals surface area contributed by atoms with Gasteiger partial charge in [0, 0.05) is 37.6 Å². The van der Waals surface area contributed by atoms with Crippen molar-refractivity contribution in [3.63, 3.8) is 0 Å². The molecule has 0 radical (unpaired) electrons. The summed E-state index contributed by atoms with van der Waals surface area (Å²) in [6.45, 7) is 8.78. The molecule has 2 amide bonds. The molecule has 1 fully saturated rings. The molecule has 30 heavy (non-hydrogen) atoms. The van der Waals surface area contributed by atoms with E-state index in [0.717, 1.165) is 42.4 Å². The number of urea groups is 1. The lowest BCUT2D eigenvalue weighted by Crippen LogP contribution is -2.50. The van der Waals surface area contributed by atoms with Gasteiger partial charge in [-0.05, 0) is 56.2 Å². The molecule has 156 valence electrons. The molecule has 1 aliphatic heterocycles. The van der Waals surface area contributed by atoms with Crippen molar-refractivity contribution in [3.05, 3.63) is 59.4 Å². The zero-order valence-corrected chi connectivity index (χ0v) is 17.7. The predicted molar refractivity (Wildman–Crippen MR) is 117 cm³/mol. The Labute approximate surface area is 176 Å². The highest BCUT2D eigenvalue weighted by Gasteiger charge is 2.22. The Morgan fingerprint density at radius 2 is 1.73 bits per heavy atom. The number of aromatic nitrogens is 4. The zero-order valence-electron chi connectivity index (χ0n) is 17.7. The van der Waals surface area contributed by atoms with Crippen molar-refractivity contribution < 1.29 is 4.79 Å². The second kappa shape index (κ2) is 8.52. The normalized spacial score (nSPS) is 14.1. The van der Waals surface area contributed by atoms with E-state index >= 15 is 0 Å². The molecule has 0 aliphatic carbocycles. The van der Waals surface area contributed by atoms with Gasteiger partial charge >= 0.3 is 6.03 Å². The van der Waals surface area contributed by atoms with E-state index in [1.54, 1.807) is 4.68 Å². The number of nitrogens with zero attached hydrogens (tertiary/aromatic N) is 6. The summed E-state index contributed by atoms with van der Waals surface area (Å²) in [5, 5.41) is 16.2. The van der Waals surface area contributed by atoms with Crippen LogP contribution in [0.15, 0.2) is 42.5 Å². The lowest BCUT2D eigenvalue weighted by atomic mass is 10.1. The van der Waals surface area contributed by atoms with Crippen LogP contribution in [-0.2, 0) is 6.42 Å². The summed E-state index contributed by atoms with van der Waals surface area (Å²) in [7, 11) is 0. The zero-order chi connectivity index (χ0) is 21.1. The topological polar surface area (TPSA) is 79.2 Å². The number of carbonyl (C=O) groups is 1. The summed E-state index contributed by atoms with van der Waals surface area (Å²) in [5.74, 6) is 1.52. The molecule has 0 saturated carbocycles. The molecule has 0 unspecified atom stereocenters. The van der Waals surface area contributed by atoms with Crippen molar-refractivity contribution in [2.24, 2.45) is 0 Å². The van der Waals surface area contributed by atoms with Crippen molar-refractivity contribution in [1.82, 2.24) is 24.9 Å². The Balaban J connectivity index is 1.35. The number of rotatable bonds is 4. The Bertz CT molecular complexity index is 1020. The van der Waals surface area contributed by atoms with E-state index < -0.39 is 0 Å². The van der Waals surface area contributed by atoms with Gasteiger partial charge in [-0.3, -0.25) is 0 Å². The van der Waals surface area contributed by atoms with E-state index in [1.165, 1.54) is 5.56 Å². The maximum atomic E-state index is 12.6. The highest BCUT2D eigenvalue weighted by Crippen LogP contribution is 2.17. The summed E-state index contributed by atoms with van der Waals surface area (Å²) in [4.78, 5) is 16.6. The van der Waals surface area contributed by atoms with Gasteiger partial charge in [0.05, 0.1) is 5.69 Å². The van der Waals surface area contributed by atoms with Crippen molar-refractivity contribution in [2.45, 2.75) is 27.2 Å². The summed E-state index contributed by atoms with van der Waals surface area (Å²) in [6.07, 6.45) is 0.946. The number of nitrogens with one attached hydrogen (secondary N) is 1. The first-order chi connectivity index (χ1) is 14.5. The molecule has 0 spiro atoms. The fraction of sp³-hybridized carbons (Fsp3) is 0.364. The van der Waals surface area contributed by atoms with Gasteiger partial charge in [-0.2, -0.15) is 5.10 Å². The van der Waals surface area contributed by atoms with Crippen molar-refractivity contribution in [2.75, 3.05) is 36.4 Å². The van der Waals surface area contributed by atoms with Crippen LogP contribution < -0.4 is 10.2 Å². The van der Waals surface area contributed by atoms with E-state index in [4.69, 9.17) is 0 Å². The van der Waals surface area contributed by atoms with Crippen LogP contribution in [0.5, 0.6) is 0 Å². The van der Waals surface area contributed by atoms with Crippen LogP contribution in [-0.4, -0.2) is 57.1 Å². The SMILES string of the molecule is CCc1cccc(NC(=O)N2CCN(c3ccc(-n4nc(C)cc4C)nn3)CC2)c1. The molecular formula is C22H27N7O. The Hall–Kier alpha value is -3.42. The molecule has 3 aromatic rings. The highest BCUT2D eigenvalue weighted by molar-refractivity contribution is 5.89. The first-order valence-electron chi connectivity index (χ1n) is 10.3. The molecule has 3 heterocycles. The molecule has 1 saturated heterocycles. The molecule has 1 aliphatic rings. The lowest BCUT2D eigenvalue weighted by molar-refractivity contribution is 0.208. The van der Waals surface area contributed by atoms with Crippen LogP contribution in [0.25, 0.3) is 5.82 Å². The van der Waals surface area contributed by atoms with Crippen LogP contribution in [0, 0.1) is 13.8 Å². The van der Waals surface area contributed by atoms with E-state index in [1.807, 2.05) is 55.1 Å². The van der Waals surface area contributed by atoms with Crippen molar-refractivity contribution >= 4 is 17.5 Å². The number of hydrogen-bond acceptors (Lipinski definition) is 5. The van der Waals surface area contributed by atoms with Gasteiger partial charge < -0.3 is 15.1 Å². The number of amides is 2. The Morgan fingerprint density at radius 1 is 1.00 bits per heavy atom. The second-order valence-corrected chi connectivity index (χ2v) is 7.55. The third-order valence-corrected chi connectivity index (χ3v) is 5.34. The molecule has 0 bridgehead atoms. The minimum Gasteiger partial charge on any atom is -0.352 e. The third kappa shape index (κ3) is 4.27. The molecule has 8 heteroatoms. The van der Waals surface area contributed by atoms with Crippen LogP contribution in [0.4, 0.5) is 16.3 Å². The van der Waals surface area contributed by atoms with Crippen LogP contribution in [0.3, 0.4) is 0 Å². The first kappa shape index (κ1) is 19.9. The van der Waals surface area contributed by atoms with Crippen LogP contribution >= 0.6 is 0 Å². The molecule has 2 aromatic heterocycles. The van der Waals surface area contributed by atoms with Gasteiger partial charge in [0.15, 0.2) is 11.6 Å². The highest BCUT2D eigenvalue weighted by atomic mass is 16.2. The van der Waals surface area contributed by atoms with Crippen LogP contribution in [0.1, 0.15) is 23.9 Å². The van der Waals surface area contributed by atoms with Gasteiger partial charge in [0.25, 0.3) is 0 Å². The minimum absolute atomic E-state index is 0.0612. The molecular weight excluding hydrogens is 378 g/mol. The Morgan fingerprint density at radius 3 is 2.37 bits per heavy atom. The second-order valence-electron chi connectivity index (χ2n) is 7.55. The predicted octanol–water partition coefficient (Wildman–Crippen LogP) is 3.20. The van der Waals surface area contributed by atoms with E-state index in [-0.39, 0.29) is 6.03 Å². The fourth-order valence-corrected chi connectivity index (χ4v) is 3.67. The number of carbonyl (C=O) groups excluding carboxylic acids is 1. The van der Waals surface area contributed by atoms with Gasteiger partial charge in [-0.25, -0.2) is 9.48 Å². The number of hydrogen-bond donors (Lipinski definition) is 1. The summed E-state index contributed by atoms with van der Waals surface area (Å²) >= 11 is 0. The molecule has 0 atom stereocenters. The summed E-state index contributed by atoms with van der Waals surface area (Å²) in [6, 6.07) is 13.8. The molecule has 8 nitrogen and oxygen atoms in total. The first-order valence-corrected chi connectivity index (χ1v) is 10.3. The monoisotopic (exact) mass is 405 g/mol. The standard InChI is InChI=1S/C22H27N7O/c1-4-18-6-5-7-19(15-18)23-22(30)28-12-10-27(11-13-28)20-8-9-21(25-24-20)29-17(3)14-16(2)26-29/h5-9,14-15H,4,10-13H2,1-3H3,(H,23,30). The maximum Gasteiger partial charge on any atom is 0.321 e. The van der Waals surface area contributed by atoms with E-state index in [0.29, 0.717) is 18.9 Å². The number of piperazine rings is 1. The average Bonchev–Trinajstić information content (AvgIpc) is 3.12. The van der Waals surface area contributed by atoms with Crippen LogP contribution in [0.2, 0.25) is 0 Å². The summed E-state index contributed by atoms with van der Waals surface area (Å²) < 4.78 is 1.79. The molecule has 1 N–H and O–H groups in total. The van der Waals surface area contributed by atoms with Crippen molar-refractivity contribution in [1.29, 1.82) is 0 Å². The third-order valence-electron chi connectivity index (χ3n) is 5.34. The van der Waals surface area contributed by atoms with Crippen molar-refractivity contribution in [3.8, 4) is 5.82 Å². The molecule has 4 rings (SSSR count). The Kier molecular flexibility index (Phi) is 5.65. The largest absolute Gasteiger partial charge is 0.352 e. The smallest absolute Gasteiger partial charge is 0.321 e. The molecule has 1 aromatic carbocycles. The summed E-state index contributed by atoms with van der Waals surface area (Å²) in [5.41, 5.74) is 4.03. The number of anilines is 2. The minimum atomic E-state index is -0.0612.